The normalized spacial score (nSPS) is 17.4. The SMILES string of the molecule is CCOc1cccc(N2C(=O)C(=O)/C(=C(/O)c3cccc(OC)c3)C2c2ccccn2)c1. The van der Waals surface area contributed by atoms with Crippen molar-refractivity contribution in [2.24, 2.45) is 0 Å². The molecule has 2 heterocycles. The lowest BCUT2D eigenvalue weighted by Crippen LogP contribution is -2.29. The van der Waals surface area contributed by atoms with Gasteiger partial charge >= 0.3 is 0 Å². The molecule has 0 saturated carbocycles. The predicted octanol–water partition coefficient (Wildman–Crippen LogP) is 4.12. The second-order valence-corrected chi connectivity index (χ2v) is 7.09. The average molecular weight is 430 g/mol. The highest BCUT2D eigenvalue weighted by Crippen LogP contribution is 2.42. The van der Waals surface area contributed by atoms with Crippen LogP contribution in [0.15, 0.2) is 78.5 Å². The number of carbonyl (C=O) groups excluding carboxylic acids is 2. The summed E-state index contributed by atoms with van der Waals surface area (Å²) in [5.74, 6) is -0.746. The van der Waals surface area contributed by atoms with Gasteiger partial charge in [0.25, 0.3) is 11.7 Å². The van der Waals surface area contributed by atoms with Crippen LogP contribution in [0.4, 0.5) is 5.69 Å². The molecule has 2 aromatic carbocycles. The number of pyridine rings is 1. The molecule has 0 bridgehead atoms. The summed E-state index contributed by atoms with van der Waals surface area (Å²) in [7, 11) is 1.51. The Labute approximate surface area is 185 Å². The van der Waals surface area contributed by atoms with Gasteiger partial charge in [-0.25, -0.2) is 0 Å². The van der Waals surface area contributed by atoms with E-state index in [1.54, 1.807) is 72.9 Å². The van der Waals surface area contributed by atoms with E-state index in [4.69, 9.17) is 9.47 Å². The lowest BCUT2D eigenvalue weighted by molar-refractivity contribution is -0.132. The predicted molar refractivity (Wildman–Crippen MR) is 120 cm³/mol. The van der Waals surface area contributed by atoms with E-state index in [9.17, 15) is 14.7 Å². The highest BCUT2D eigenvalue weighted by molar-refractivity contribution is 6.51. The van der Waals surface area contributed by atoms with Gasteiger partial charge in [-0.1, -0.05) is 24.3 Å². The van der Waals surface area contributed by atoms with Crippen LogP contribution in [0.3, 0.4) is 0 Å². The summed E-state index contributed by atoms with van der Waals surface area (Å²) in [5, 5.41) is 11.1. The van der Waals surface area contributed by atoms with E-state index in [-0.39, 0.29) is 11.3 Å². The van der Waals surface area contributed by atoms with Crippen molar-refractivity contribution in [2.45, 2.75) is 13.0 Å². The number of aromatic nitrogens is 1. The van der Waals surface area contributed by atoms with E-state index in [0.717, 1.165) is 0 Å². The Morgan fingerprint density at radius 2 is 1.81 bits per heavy atom. The lowest BCUT2D eigenvalue weighted by Gasteiger charge is -2.25. The lowest BCUT2D eigenvalue weighted by atomic mass is 9.98. The number of amides is 1. The van der Waals surface area contributed by atoms with E-state index in [1.807, 2.05) is 6.92 Å². The van der Waals surface area contributed by atoms with Gasteiger partial charge in [-0.3, -0.25) is 19.5 Å². The third-order valence-corrected chi connectivity index (χ3v) is 5.16. The molecule has 1 amide bonds. The number of anilines is 1. The van der Waals surface area contributed by atoms with Crippen molar-refractivity contribution >= 4 is 23.1 Å². The summed E-state index contributed by atoms with van der Waals surface area (Å²) in [5.41, 5.74) is 1.26. The number of benzene rings is 2. The molecule has 0 radical (unpaired) electrons. The summed E-state index contributed by atoms with van der Waals surface area (Å²) < 4.78 is 10.8. The third kappa shape index (κ3) is 3.80. The number of hydrogen-bond acceptors (Lipinski definition) is 6. The van der Waals surface area contributed by atoms with E-state index in [0.29, 0.717) is 35.1 Å². The van der Waals surface area contributed by atoms with E-state index in [1.165, 1.54) is 12.0 Å². The fourth-order valence-electron chi connectivity index (χ4n) is 3.73. The molecule has 32 heavy (non-hydrogen) atoms. The molecule has 162 valence electrons. The Hall–Kier alpha value is -4.13. The van der Waals surface area contributed by atoms with Crippen LogP contribution in [0.5, 0.6) is 11.5 Å². The summed E-state index contributed by atoms with van der Waals surface area (Å²) in [4.78, 5) is 32.0. The first-order chi connectivity index (χ1) is 15.5. The first kappa shape index (κ1) is 21.1. The van der Waals surface area contributed by atoms with Gasteiger partial charge in [-0.15, -0.1) is 0 Å². The molecule has 1 aliphatic heterocycles. The van der Waals surface area contributed by atoms with Crippen molar-refractivity contribution in [3.05, 3.63) is 89.8 Å². The van der Waals surface area contributed by atoms with Crippen LogP contribution in [-0.4, -0.2) is 35.5 Å². The zero-order valence-electron chi connectivity index (χ0n) is 17.7. The Morgan fingerprint density at radius 3 is 2.53 bits per heavy atom. The standard InChI is InChI=1S/C25H22N2O5/c1-3-32-19-11-7-9-17(15-19)27-22(20-12-4-5-13-26-20)21(24(29)25(27)30)23(28)16-8-6-10-18(14-16)31-2/h4-15,22,28H,3H2,1-2H3/b23-21+. The molecular weight excluding hydrogens is 408 g/mol. The van der Waals surface area contributed by atoms with E-state index >= 15 is 0 Å². The zero-order valence-corrected chi connectivity index (χ0v) is 17.7. The summed E-state index contributed by atoms with van der Waals surface area (Å²) in [6.07, 6.45) is 1.58. The molecule has 4 rings (SSSR count). The highest BCUT2D eigenvalue weighted by atomic mass is 16.5. The van der Waals surface area contributed by atoms with Crippen LogP contribution < -0.4 is 14.4 Å². The number of rotatable bonds is 6. The minimum atomic E-state index is -0.903. The third-order valence-electron chi connectivity index (χ3n) is 5.16. The first-order valence-electron chi connectivity index (χ1n) is 10.1. The average Bonchev–Trinajstić information content (AvgIpc) is 3.10. The van der Waals surface area contributed by atoms with Crippen LogP contribution in [0.2, 0.25) is 0 Å². The molecule has 7 heteroatoms. The number of methoxy groups -OCH3 is 1. The van der Waals surface area contributed by atoms with Gasteiger partial charge in [0.15, 0.2) is 0 Å². The van der Waals surface area contributed by atoms with Gasteiger partial charge in [0.1, 0.15) is 23.3 Å². The Morgan fingerprint density at radius 1 is 1.03 bits per heavy atom. The molecule has 3 aromatic rings. The van der Waals surface area contributed by atoms with Gasteiger partial charge in [-0.2, -0.15) is 0 Å². The molecule has 0 spiro atoms. The van der Waals surface area contributed by atoms with Gasteiger partial charge < -0.3 is 14.6 Å². The summed E-state index contributed by atoms with van der Waals surface area (Å²) in [6, 6.07) is 17.9. The molecule has 1 atom stereocenters. The highest BCUT2D eigenvalue weighted by Gasteiger charge is 2.47. The molecule has 1 unspecified atom stereocenters. The van der Waals surface area contributed by atoms with Gasteiger partial charge in [-0.05, 0) is 43.3 Å². The second kappa shape index (κ2) is 8.93. The zero-order chi connectivity index (χ0) is 22.7. The van der Waals surface area contributed by atoms with Crippen LogP contribution in [-0.2, 0) is 9.59 Å². The van der Waals surface area contributed by atoms with Gasteiger partial charge in [0.05, 0.1) is 25.0 Å². The molecule has 7 nitrogen and oxygen atoms in total. The fourth-order valence-corrected chi connectivity index (χ4v) is 3.73. The van der Waals surface area contributed by atoms with Crippen molar-refractivity contribution < 1.29 is 24.2 Å². The molecule has 1 N–H and O–H groups in total. The Balaban J connectivity index is 1.91. The number of aliphatic hydroxyl groups is 1. The summed E-state index contributed by atoms with van der Waals surface area (Å²) >= 11 is 0. The molecule has 0 aliphatic carbocycles. The maximum atomic E-state index is 13.2. The molecular formula is C25H22N2O5. The minimum absolute atomic E-state index is 0.0382. The van der Waals surface area contributed by atoms with Crippen molar-refractivity contribution in [3.63, 3.8) is 0 Å². The minimum Gasteiger partial charge on any atom is -0.507 e. The number of aliphatic hydroxyl groups excluding tert-OH is 1. The van der Waals surface area contributed by atoms with Crippen LogP contribution in [0, 0.1) is 0 Å². The molecule has 1 aliphatic rings. The van der Waals surface area contributed by atoms with Crippen LogP contribution in [0.1, 0.15) is 24.2 Å². The van der Waals surface area contributed by atoms with E-state index in [2.05, 4.69) is 4.98 Å². The number of ketones is 1. The number of carbonyl (C=O) groups is 2. The maximum Gasteiger partial charge on any atom is 0.300 e. The van der Waals surface area contributed by atoms with Crippen molar-refractivity contribution in [3.8, 4) is 11.5 Å². The van der Waals surface area contributed by atoms with Crippen LogP contribution in [0.25, 0.3) is 5.76 Å². The largest absolute Gasteiger partial charge is 0.507 e. The number of hydrogen-bond donors (Lipinski definition) is 1. The monoisotopic (exact) mass is 430 g/mol. The second-order valence-electron chi connectivity index (χ2n) is 7.09. The topological polar surface area (TPSA) is 89.0 Å². The van der Waals surface area contributed by atoms with Crippen molar-refractivity contribution in [1.82, 2.24) is 4.98 Å². The van der Waals surface area contributed by atoms with Gasteiger partial charge in [0, 0.05) is 23.5 Å². The van der Waals surface area contributed by atoms with Crippen LogP contribution >= 0.6 is 0 Å². The van der Waals surface area contributed by atoms with Gasteiger partial charge in [0.2, 0.25) is 0 Å². The van der Waals surface area contributed by atoms with E-state index < -0.39 is 17.7 Å². The number of ether oxygens (including phenoxy) is 2. The molecule has 1 aromatic heterocycles. The molecule has 1 fully saturated rings. The number of nitrogens with zero attached hydrogens (tertiary/aromatic N) is 2. The maximum absolute atomic E-state index is 13.2. The Bertz CT molecular complexity index is 1190. The quantitative estimate of drug-likeness (QED) is 0.360. The molecule has 1 saturated heterocycles. The summed E-state index contributed by atoms with van der Waals surface area (Å²) in [6.45, 7) is 2.32. The smallest absolute Gasteiger partial charge is 0.300 e. The van der Waals surface area contributed by atoms with Crippen molar-refractivity contribution in [1.29, 1.82) is 0 Å². The first-order valence-corrected chi connectivity index (χ1v) is 10.1. The number of Topliss-reactive ketones (excluding diaryl/α,β-unsaturated/α-hetero) is 1. The Kier molecular flexibility index (Phi) is 5.89. The van der Waals surface area contributed by atoms with Crippen molar-refractivity contribution in [2.75, 3.05) is 18.6 Å². The fraction of sp³-hybridized carbons (Fsp3) is 0.160.